The first-order chi connectivity index (χ1) is 7.61. The number of aliphatic carboxylic acids is 1. The Labute approximate surface area is 96.8 Å². The Balaban J connectivity index is 4.30. The Morgan fingerprint density at radius 1 is 1.47 bits per heavy atom. The fourth-order valence-corrected chi connectivity index (χ4v) is 0.760. The second-order valence-corrected chi connectivity index (χ2v) is 4.06. The first-order valence-corrected chi connectivity index (χ1v) is 4.61. The van der Waals surface area contributed by atoms with Gasteiger partial charge in [-0.1, -0.05) is 0 Å². The zero-order valence-electron chi connectivity index (χ0n) is 9.63. The molecule has 0 saturated carbocycles. The summed E-state index contributed by atoms with van der Waals surface area (Å²) in [6.07, 6.45) is -0.989. The molecule has 0 aliphatic carbocycles. The summed E-state index contributed by atoms with van der Waals surface area (Å²) in [6.45, 7) is 3.99. The van der Waals surface area contributed by atoms with Gasteiger partial charge in [0.1, 0.15) is 12.2 Å². The van der Waals surface area contributed by atoms with Crippen LogP contribution in [0.5, 0.6) is 0 Å². The van der Waals surface area contributed by atoms with Gasteiger partial charge in [-0.3, -0.25) is 0 Å². The lowest BCUT2D eigenvalue weighted by atomic mass is 10.2. The highest BCUT2D eigenvalue weighted by molar-refractivity contribution is 5.80. The van der Waals surface area contributed by atoms with Gasteiger partial charge in [0.05, 0.1) is 0 Å². The van der Waals surface area contributed by atoms with Crippen LogP contribution in [0.3, 0.4) is 0 Å². The maximum absolute atomic E-state index is 11.2. The van der Waals surface area contributed by atoms with E-state index in [0.29, 0.717) is 0 Å². The van der Waals surface area contributed by atoms with Gasteiger partial charge in [-0.05, 0) is 20.8 Å². The third-order valence-electron chi connectivity index (χ3n) is 1.34. The van der Waals surface area contributed by atoms with Crippen LogP contribution in [-0.4, -0.2) is 40.5 Å². The van der Waals surface area contributed by atoms with Crippen LogP contribution < -0.4 is 5.32 Å². The minimum Gasteiger partial charge on any atom is -0.480 e. The lowest BCUT2D eigenvalue weighted by molar-refractivity contribution is -0.757. The molecule has 98 valence electrons. The quantitative estimate of drug-likeness (QED) is 0.525. The summed E-state index contributed by atoms with van der Waals surface area (Å²) in [7, 11) is 0. The highest BCUT2D eigenvalue weighted by Crippen LogP contribution is 2.06. The maximum Gasteiger partial charge on any atom is 0.408 e. The molecule has 0 fully saturated rings. The highest BCUT2D eigenvalue weighted by atomic mass is 16.9. The highest BCUT2D eigenvalue weighted by Gasteiger charge is 2.24. The molecule has 1 atom stereocenters. The van der Waals surface area contributed by atoms with Gasteiger partial charge >= 0.3 is 12.1 Å². The molecule has 17 heavy (non-hydrogen) atoms. The average Bonchev–Trinajstić information content (AvgIpc) is 2.08. The van der Waals surface area contributed by atoms with Crippen molar-refractivity contribution < 1.29 is 29.4 Å². The summed E-state index contributed by atoms with van der Waals surface area (Å²) in [6, 6.07) is -1.55. The van der Waals surface area contributed by atoms with E-state index in [9.17, 15) is 19.7 Å². The van der Waals surface area contributed by atoms with Gasteiger partial charge in [0.25, 0.3) is 5.09 Å². The van der Waals surface area contributed by atoms with E-state index in [2.05, 4.69) is 4.84 Å². The second-order valence-electron chi connectivity index (χ2n) is 4.06. The number of hydrogen-bond acceptors (Lipinski definition) is 6. The summed E-state index contributed by atoms with van der Waals surface area (Å²) in [5.74, 6) is -1.46. The Hall–Kier alpha value is -2.06. The predicted molar refractivity (Wildman–Crippen MR) is 53.7 cm³/mol. The lowest BCUT2D eigenvalue weighted by Gasteiger charge is -2.21. The van der Waals surface area contributed by atoms with Gasteiger partial charge in [-0.25, -0.2) is 9.59 Å². The molecule has 0 rings (SSSR count). The number of amides is 1. The second kappa shape index (κ2) is 5.87. The number of hydrogen-bond donors (Lipinski definition) is 2. The van der Waals surface area contributed by atoms with Crippen LogP contribution in [0.2, 0.25) is 0 Å². The Bertz CT molecular complexity index is 309. The van der Waals surface area contributed by atoms with Gasteiger partial charge in [0.2, 0.25) is 0 Å². The van der Waals surface area contributed by atoms with E-state index in [-0.39, 0.29) is 0 Å². The molecule has 1 amide bonds. The topological polar surface area (TPSA) is 128 Å². The molecule has 0 aromatic heterocycles. The molecule has 9 nitrogen and oxygen atoms in total. The third-order valence-corrected chi connectivity index (χ3v) is 1.34. The Morgan fingerprint density at radius 2 is 2.00 bits per heavy atom. The molecule has 0 saturated heterocycles. The molecule has 2 N–H and O–H groups in total. The first kappa shape index (κ1) is 14.9. The summed E-state index contributed by atoms with van der Waals surface area (Å²) in [5, 5.41) is 19.3. The van der Waals surface area contributed by atoms with Crippen molar-refractivity contribution in [2.45, 2.75) is 32.4 Å². The standard InChI is InChI=1S/C8H14N2O7/c1-8(2,3)17-7(13)9-5(6(11)12)4-16-10(14)15/h5H,4H2,1-3H3,(H,9,13)(H,11,12)/t5-/m0/s1. The number of nitrogens with zero attached hydrogens (tertiary/aromatic N) is 1. The van der Waals surface area contributed by atoms with E-state index in [4.69, 9.17) is 9.84 Å². The van der Waals surface area contributed by atoms with Crippen molar-refractivity contribution in [2.24, 2.45) is 0 Å². The molecule has 0 aliphatic heterocycles. The van der Waals surface area contributed by atoms with E-state index >= 15 is 0 Å². The van der Waals surface area contributed by atoms with Crippen molar-refractivity contribution in [3.8, 4) is 0 Å². The fraction of sp³-hybridized carbons (Fsp3) is 0.750. The minimum absolute atomic E-state index is 0.790. The number of ether oxygens (including phenoxy) is 1. The molecule has 0 aliphatic rings. The van der Waals surface area contributed by atoms with Crippen molar-refractivity contribution in [1.29, 1.82) is 0 Å². The van der Waals surface area contributed by atoms with Crippen LogP contribution in [0.4, 0.5) is 4.79 Å². The number of carbonyl (C=O) groups is 2. The van der Waals surface area contributed by atoms with Gasteiger partial charge in [0, 0.05) is 0 Å². The molecule has 0 aromatic rings. The molecule has 0 radical (unpaired) electrons. The zero-order chi connectivity index (χ0) is 13.6. The molecular formula is C8H14N2O7. The van der Waals surface area contributed by atoms with Crippen molar-refractivity contribution in [3.63, 3.8) is 0 Å². The summed E-state index contributed by atoms with van der Waals surface area (Å²) in [4.78, 5) is 35.6. The minimum atomic E-state index is -1.55. The van der Waals surface area contributed by atoms with E-state index < -0.39 is 35.4 Å². The van der Waals surface area contributed by atoms with E-state index in [1.54, 1.807) is 20.8 Å². The lowest BCUT2D eigenvalue weighted by Crippen LogP contribution is -2.46. The summed E-state index contributed by atoms with van der Waals surface area (Å²) < 4.78 is 4.79. The fourth-order valence-electron chi connectivity index (χ4n) is 0.760. The normalized spacial score (nSPS) is 12.4. The van der Waals surface area contributed by atoms with E-state index in [0.717, 1.165) is 0 Å². The number of carboxylic acids is 1. The summed E-state index contributed by atoms with van der Waals surface area (Å²) in [5.41, 5.74) is -0.795. The molecule has 0 unspecified atom stereocenters. The number of carboxylic acid groups (broad SMARTS) is 1. The van der Waals surface area contributed by atoms with E-state index in [1.807, 2.05) is 5.32 Å². The van der Waals surface area contributed by atoms with Crippen LogP contribution in [0.15, 0.2) is 0 Å². The number of carbonyl (C=O) groups excluding carboxylic acids is 1. The van der Waals surface area contributed by atoms with Crippen LogP contribution in [0, 0.1) is 10.1 Å². The van der Waals surface area contributed by atoms with Gasteiger partial charge < -0.3 is 20.0 Å². The predicted octanol–water partition coefficient (Wildman–Crippen LogP) is 0.173. The monoisotopic (exact) mass is 250 g/mol. The van der Waals surface area contributed by atoms with Gasteiger partial charge in [0.15, 0.2) is 6.04 Å². The zero-order valence-corrected chi connectivity index (χ0v) is 9.63. The molecule has 0 aromatic carbocycles. The van der Waals surface area contributed by atoms with E-state index in [1.165, 1.54) is 0 Å². The SMILES string of the molecule is CC(C)(C)OC(=O)N[C@@H](CO[N+](=O)[O-])C(=O)O. The van der Waals surface area contributed by atoms with Gasteiger partial charge in [-0.15, -0.1) is 10.1 Å². The van der Waals surface area contributed by atoms with Crippen LogP contribution >= 0.6 is 0 Å². The number of nitrogens with one attached hydrogen (secondary N) is 1. The largest absolute Gasteiger partial charge is 0.480 e. The van der Waals surface area contributed by atoms with Crippen molar-refractivity contribution >= 4 is 12.1 Å². The number of alkyl carbamates (subject to hydrolysis) is 1. The molecule has 9 heteroatoms. The maximum atomic E-state index is 11.2. The summed E-state index contributed by atoms with van der Waals surface area (Å²) >= 11 is 0. The molecule has 0 heterocycles. The van der Waals surface area contributed by atoms with Crippen LogP contribution in [0.1, 0.15) is 20.8 Å². The Morgan fingerprint density at radius 3 is 2.35 bits per heavy atom. The smallest absolute Gasteiger partial charge is 0.408 e. The van der Waals surface area contributed by atoms with Gasteiger partial charge in [-0.2, -0.15) is 0 Å². The molecule has 0 spiro atoms. The van der Waals surface area contributed by atoms with Crippen molar-refractivity contribution in [3.05, 3.63) is 10.1 Å². The van der Waals surface area contributed by atoms with Crippen molar-refractivity contribution in [2.75, 3.05) is 6.61 Å². The van der Waals surface area contributed by atoms with Crippen molar-refractivity contribution in [1.82, 2.24) is 5.32 Å². The third kappa shape index (κ3) is 7.82. The Kier molecular flexibility index (Phi) is 5.16. The molecular weight excluding hydrogens is 236 g/mol. The number of rotatable bonds is 5. The van der Waals surface area contributed by atoms with Crippen LogP contribution in [0.25, 0.3) is 0 Å². The average molecular weight is 250 g/mol. The molecule has 0 bridgehead atoms. The first-order valence-electron chi connectivity index (χ1n) is 4.61. The van der Waals surface area contributed by atoms with Crippen LogP contribution in [-0.2, 0) is 14.4 Å².